The van der Waals surface area contributed by atoms with Gasteiger partial charge in [0.1, 0.15) is 0 Å². The Kier molecular flexibility index (Phi) is 3.09. The molecule has 0 aromatic rings. The number of hydrogen-bond donors (Lipinski definition) is 2. The monoisotopic (exact) mass is 212 g/mol. The number of fused-ring (bicyclic) bond motifs is 1. The maximum absolute atomic E-state index is 10.0. The molecule has 4 unspecified atom stereocenters. The molecule has 0 spiro atoms. The van der Waals surface area contributed by atoms with E-state index in [-0.39, 0.29) is 6.10 Å². The van der Waals surface area contributed by atoms with Crippen LogP contribution >= 0.6 is 0 Å². The highest BCUT2D eigenvalue weighted by Crippen LogP contribution is 2.45. The first kappa shape index (κ1) is 11.4. The van der Waals surface area contributed by atoms with Crippen LogP contribution in [0.15, 0.2) is 0 Å². The largest absolute Gasteiger partial charge is 0.393 e. The van der Waals surface area contributed by atoms with Gasteiger partial charge in [0.15, 0.2) is 0 Å². The topological polar surface area (TPSA) is 40.5 Å². The molecule has 0 aromatic heterocycles. The van der Waals surface area contributed by atoms with Crippen LogP contribution in [0.2, 0.25) is 0 Å². The molecule has 2 heteroatoms. The average molecular weight is 212 g/mol. The third kappa shape index (κ3) is 2.54. The molecule has 15 heavy (non-hydrogen) atoms. The Labute approximate surface area is 92.7 Å². The van der Waals surface area contributed by atoms with Crippen molar-refractivity contribution >= 4 is 0 Å². The van der Waals surface area contributed by atoms with Gasteiger partial charge in [-0.3, -0.25) is 0 Å². The summed E-state index contributed by atoms with van der Waals surface area (Å²) in [6.07, 6.45) is 6.63. The molecule has 4 atom stereocenters. The summed E-state index contributed by atoms with van der Waals surface area (Å²) >= 11 is 0. The van der Waals surface area contributed by atoms with E-state index in [0.717, 1.165) is 25.2 Å². The molecule has 2 N–H and O–H groups in total. The van der Waals surface area contributed by atoms with E-state index in [1.165, 1.54) is 19.3 Å². The molecule has 2 aliphatic carbocycles. The second-order valence-electron chi connectivity index (χ2n) is 6.15. The minimum absolute atomic E-state index is 0.0770. The molecule has 0 heterocycles. The van der Waals surface area contributed by atoms with Crippen molar-refractivity contribution in [1.82, 2.24) is 0 Å². The Morgan fingerprint density at radius 3 is 2.27 bits per heavy atom. The lowest BCUT2D eigenvalue weighted by Gasteiger charge is -2.44. The standard InChI is InChI=1S/C13H24O2/c1-13(2,15)11-5-3-9-4-6-12(14)8-10(9)7-11/h9-12,14-15H,3-8H2,1-2H3. The predicted molar refractivity (Wildman–Crippen MR) is 60.5 cm³/mol. The summed E-state index contributed by atoms with van der Waals surface area (Å²) in [5.41, 5.74) is -0.534. The molecule has 0 aliphatic heterocycles. The summed E-state index contributed by atoms with van der Waals surface area (Å²) in [5.74, 6) is 1.93. The Morgan fingerprint density at radius 2 is 1.60 bits per heavy atom. The van der Waals surface area contributed by atoms with E-state index in [4.69, 9.17) is 0 Å². The fourth-order valence-electron chi connectivity index (χ4n) is 3.51. The Bertz CT molecular complexity index is 219. The van der Waals surface area contributed by atoms with Crippen molar-refractivity contribution in [3.63, 3.8) is 0 Å². The zero-order chi connectivity index (χ0) is 11.1. The van der Waals surface area contributed by atoms with Gasteiger partial charge in [-0.2, -0.15) is 0 Å². The molecule has 2 rings (SSSR count). The number of rotatable bonds is 1. The molecular weight excluding hydrogens is 188 g/mol. The van der Waals surface area contributed by atoms with Gasteiger partial charge in [-0.05, 0) is 70.1 Å². The number of aliphatic hydroxyl groups is 2. The van der Waals surface area contributed by atoms with E-state index in [1.807, 2.05) is 13.8 Å². The van der Waals surface area contributed by atoms with Crippen molar-refractivity contribution in [2.75, 3.05) is 0 Å². The van der Waals surface area contributed by atoms with Crippen molar-refractivity contribution < 1.29 is 10.2 Å². The summed E-state index contributed by atoms with van der Waals surface area (Å²) in [5, 5.41) is 19.7. The molecule has 88 valence electrons. The van der Waals surface area contributed by atoms with Gasteiger partial charge in [-0.25, -0.2) is 0 Å². The maximum atomic E-state index is 10.0. The molecule has 0 amide bonds. The predicted octanol–water partition coefficient (Wildman–Crippen LogP) is 2.33. The van der Waals surface area contributed by atoms with Crippen molar-refractivity contribution in [3.05, 3.63) is 0 Å². The molecule has 2 nitrogen and oxygen atoms in total. The van der Waals surface area contributed by atoms with Gasteiger partial charge in [0.2, 0.25) is 0 Å². The molecule has 2 aliphatic rings. The third-order valence-electron chi connectivity index (χ3n) is 4.58. The van der Waals surface area contributed by atoms with Gasteiger partial charge in [-0.15, -0.1) is 0 Å². The van der Waals surface area contributed by atoms with Crippen LogP contribution in [0.4, 0.5) is 0 Å². The van der Waals surface area contributed by atoms with Gasteiger partial charge in [0, 0.05) is 0 Å². The fourth-order valence-corrected chi connectivity index (χ4v) is 3.51. The lowest BCUT2D eigenvalue weighted by Crippen LogP contribution is -2.40. The highest BCUT2D eigenvalue weighted by molar-refractivity contribution is 4.90. The lowest BCUT2D eigenvalue weighted by molar-refractivity contribution is -0.0418. The summed E-state index contributed by atoms with van der Waals surface area (Å²) in [6, 6.07) is 0. The van der Waals surface area contributed by atoms with E-state index in [9.17, 15) is 10.2 Å². The van der Waals surface area contributed by atoms with Crippen molar-refractivity contribution in [2.24, 2.45) is 17.8 Å². The number of aliphatic hydroxyl groups excluding tert-OH is 1. The molecule has 2 saturated carbocycles. The molecule has 0 bridgehead atoms. The first-order valence-electron chi connectivity index (χ1n) is 6.37. The van der Waals surface area contributed by atoms with E-state index >= 15 is 0 Å². The summed E-state index contributed by atoms with van der Waals surface area (Å²) in [7, 11) is 0. The van der Waals surface area contributed by atoms with E-state index < -0.39 is 5.60 Å². The summed E-state index contributed by atoms with van der Waals surface area (Å²) < 4.78 is 0. The summed E-state index contributed by atoms with van der Waals surface area (Å²) in [4.78, 5) is 0. The van der Waals surface area contributed by atoms with Crippen LogP contribution in [0.3, 0.4) is 0 Å². The number of hydrogen-bond acceptors (Lipinski definition) is 2. The summed E-state index contributed by atoms with van der Waals surface area (Å²) in [6.45, 7) is 3.86. The molecule has 0 aromatic carbocycles. The van der Waals surface area contributed by atoms with Gasteiger partial charge in [-0.1, -0.05) is 0 Å². The third-order valence-corrected chi connectivity index (χ3v) is 4.58. The Balaban J connectivity index is 1.97. The molecule has 0 saturated heterocycles. The van der Waals surface area contributed by atoms with Crippen molar-refractivity contribution in [3.8, 4) is 0 Å². The second kappa shape index (κ2) is 4.06. The van der Waals surface area contributed by atoms with E-state index in [0.29, 0.717) is 11.8 Å². The van der Waals surface area contributed by atoms with Crippen LogP contribution in [0.5, 0.6) is 0 Å². The highest BCUT2D eigenvalue weighted by Gasteiger charge is 2.39. The Morgan fingerprint density at radius 1 is 0.933 bits per heavy atom. The van der Waals surface area contributed by atoms with Crippen LogP contribution in [-0.4, -0.2) is 21.9 Å². The highest BCUT2D eigenvalue weighted by atomic mass is 16.3. The first-order chi connectivity index (χ1) is 6.97. The van der Waals surface area contributed by atoms with Crippen LogP contribution < -0.4 is 0 Å². The Hall–Kier alpha value is -0.0800. The van der Waals surface area contributed by atoms with Gasteiger partial charge < -0.3 is 10.2 Å². The normalized spacial score (nSPS) is 42.4. The minimum atomic E-state index is -0.534. The zero-order valence-electron chi connectivity index (χ0n) is 9.95. The van der Waals surface area contributed by atoms with Crippen LogP contribution in [-0.2, 0) is 0 Å². The van der Waals surface area contributed by atoms with Crippen LogP contribution in [0.1, 0.15) is 52.4 Å². The van der Waals surface area contributed by atoms with E-state index in [2.05, 4.69) is 0 Å². The van der Waals surface area contributed by atoms with Crippen molar-refractivity contribution in [2.45, 2.75) is 64.1 Å². The molecular formula is C13H24O2. The van der Waals surface area contributed by atoms with Crippen LogP contribution in [0.25, 0.3) is 0 Å². The fraction of sp³-hybridized carbons (Fsp3) is 1.00. The van der Waals surface area contributed by atoms with Crippen molar-refractivity contribution in [1.29, 1.82) is 0 Å². The van der Waals surface area contributed by atoms with Crippen LogP contribution in [0, 0.1) is 17.8 Å². The quantitative estimate of drug-likeness (QED) is 0.700. The van der Waals surface area contributed by atoms with Gasteiger partial charge in [0.05, 0.1) is 11.7 Å². The zero-order valence-corrected chi connectivity index (χ0v) is 9.95. The van der Waals surface area contributed by atoms with Gasteiger partial charge >= 0.3 is 0 Å². The average Bonchev–Trinajstić information content (AvgIpc) is 2.15. The maximum Gasteiger partial charge on any atom is 0.0619 e. The molecule has 2 fully saturated rings. The lowest BCUT2D eigenvalue weighted by atomic mass is 9.64. The first-order valence-corrected chi connectivity index (χ1v) is 6.37. The SMILES string of the molecule is CC(C)(O)C1CCC2CCC(O)CC2C1. The van der Waals surface area contributed by atoms with Gasteiger partial charge in [0.25, 0.3) is 0 Å². The molecule has 0 radical (unpaired) electrons. The minimum Gasteiger partial charge on any atom is -0.393 e. The second-order valence-corrected chi connectivity index (χ2v) is 6.15. The smallest absolute Gasteiger partial charge is 0.0619 e. The van der Waals surface area contributed by atoms with E-state index in [1.54, 1.807) is 0 Å².